The highest BCUT2D eigenvalue weighted by molar-refractivity contribution is 5.94. The highest BCUT2D eigenvalue weighted by Crippen LogP contribution is 2.29. The van der Waals surface area contributed by atoms with E-state index >= 15 is 0 Å². The van der Waals surface area contributed by atoms with Gasteiger partial charge in [0.15, 0.2) is 0 Å². The average Bonchev–Trinajstić information content (AvgIpc) is 3.30. The Balaban J connectivity index is 0.00000280. The van der Waals surface area contributed by atoms with E-state index in [4.69, 9.17) is 0 Å². The van der Waals surface area contributed by atoms with Crippen molar-refractivity contribution in [2.45, 2.75) is 5.92 Å². The van der Waals surface area contributed by atoms with E-state index in [1.165, 1.54) is 0 Å². The summed E-state index contributed by atoms with van der Waals surface area (Å²) >= 11 is 0. The highest BCUT2D eigenvalue weighted by atomic mass is 35.5. The number of carbonyl (C=O) groups excluding carboxylic acids is 2. The molecule has 1 aliphatic heterocycles. The fourth-order valence-electron chi connectivity index (χ4n) is 3.15. The maximum Gasteiger partial charge on any atom is 0.319 e. The standard InChI is InChI=1S/C19H24N6O2.ClH/c1-3-8-21-19(27)24-15-6-4-14(5-7-15)23-18(26)17-11-20-10-16(17)13-9-22-25(2)12-13;/h3-7,9,12,16-17,20H,1,8,10-11H2,2H3,(H,23,26)(H2,21,24,27);1H/t16-,17+;/m1./s1. The lowest BCUT2D eigenvalue weighted by Crippen LogP contribution is -2.29. The predicted molar refractivity (Wildman–Crippen MR) is 112 cm³/mol. The van der Waals surface area contributed by atoms with Gasteiger partial charge < -0.3 is 21.3 Å². The molecule has 2 atom stereocenters. The number of urea groups is 1. The third-order valence-electron chi connectivity index (χ3n) is 4.52. The van der Waals surface area contributed by atoms with Crippen molar-refractivity contribution < 1.29 is 9.59 Å². The molecule has 0 radical (unpaired) electrons. The van der Waals surface area contributed by atoms with Crippen molar-refractivity contribution in [2.75, 3.05) is 30.3 Å². The molecule has 4 N–H and O–H groups in total. The minimum absolute atomic E-state index is 0. The van der Waals surface area contributed by atoms with Gasteiger partial charge in [-0.15, -0.1) is 19.0 Å². The topological polar surface area (TPSA) is 100 Å². The van der Waals surface area contributed by atoms with Crippen molar-refractivity contribution in [3.63, 3.8) is 0 Å². The molecule has 1 aromatic carbocycles. The largest absolute Gasteiger partial charge is 0.334 e. The van der Waals surface area contributed by atoms with Gasteiger partial charge >= 0.3 is 6.03 Å². The van der Waals surface area contributed by atoms with Gasteiger partial charge in [-0.25, -0.2) is 4.79 Å². The van der Waals surface area contributed by atoms with Crippen LogP contribution in [0.4, 0.5) is 16.2 Å². The van der Waals surface area contributed by atoms with Crippen molar-refractivity contribution in [3.05, 3.63) is 54.9 Å². The second-order valence-electron chi connectivity index (χ2n) is 6.51. The number of hydrogen-bond acceptors (Lipinski definition) is 4. The number of halogens is 1. The molecule has 28 heavy (non-hydrogen) atoms. The van der Waals surface area contributed by atoms with Gasteiger partial charge in [-0.3, -0.25) is 9.48 Å². The number of nitrogens with zero attached hydrogens (tertiary/aromatic N) is 2. The van der Waals surface area contributed by atoms with E-state index < -0.39 is 0 Å². The summed E-state index contributed by atoms with van der Waals surface area (Å²) in [4.78, 5) is 24.3. The Kier molecular flexibility index (Phi) is 7.60. The summed E-state index contributed by atoms with van der Waals surface area (Å²) in [5.74, 6) is -0.0804. The Morgan fingerprint density at radius 1 is 1.25 bits per heavy atom. The number of aromatic nitrogens is 2. The fourth-order valence-corrected chi connectivity index (χ4v) is 3.15. The van der Waals surface area contributed by atoms with Gasteiger partial charge in [-0.2, -0.15) is 5.10 Å². The van der Waals surface area contributed by atoms with Crippen LogP contribution in [0.5, 0.6) is 0 Å². The summed E-state index contributed by atoms with van der Waals surface area (Å²) in [5.41, 5.74) is 2.40. The number of hydrogen-bond donors (Lipinski definition) is 4. The third kappa shape index (κ3) is 5.34. The predicted octanol–water partition coefficient (Wildman–Crippen LogP) is 2.09. The lowest BCUT2D eigenvalue weighted by molar-refractivity contribution is -0.119. The Hall–Kier alpha value is -2.84. The molecule has 0 bridgehead atoms. The zero-order valence-corrected chi connectivity index (χ0v) is 16.5. The summed E-state index contributed by atoms with van der Waals surface area (Å²) in [6.45, 7) is 5.33. The van der Waals surface area contributed by atoms with E-state index in [0.717, 1.165) is 12.1 Å². The average molecular weight is 405 g/mol. The monoisotopic (exact) mass is 404 g/mol. The number of carbonyl (C=O) groups is 2. The molecule has 150 valence electrons. The second-order valence-corrected chi connectivity index (χ2v) is 6.51. The Morgan fingerprint density at radius 2 is 1.93 bits per heavy atom. The molecule has 0 saturated carbocycles. The number of anilines is 2. The van der Waals surface area contributed by atoms with Crippen LogP contribution in [0.2, 0.25) is 0 Å². The van der Waals surface area contributed by atoms with E-state index in [-0.39, 0.29) is 36.2 Å². The second kappa shape index (κ2) is 9.91. The smallest absolute Gasteiger partial charge is 0.319 e. The number of amides is 3. The van der Waals surface area contributed by atoms with Gasteiger partial charge in [0.25, 0.3) is 0 Å². The molecule has 2 heterocycles. The zero-order valence-electron chi connectivity index (χ0n) is 15.6. The fraction of sp³-hybridized carbons (Fsp3) is 0.316. The van der Waals surface area contributed by atoms with Crippen LogP contribution in [-0.2, 0) is 11.8 Å². The quantitative estimate of drug-likeness (QED) is 0.554. The van der Waals surface area contributed by atoms with Crippen LogP contribution in [0.25, 0.3) is 0 Å². The normalized spacial score (nSPS) is 18.0. The molecular weight excluding hydrogens is 380 g/mol. The summed E-state index contributed by atoms with van der Waals surface area (Å²) in [5, 5.41) is 15.8. The van der Waals surface area contributed by atoms with E-state index in [9.17, 15) is 9.59 Å². The van der Waals surface area contributed by atoms with Gasteiger partial charge in [0.2, 0.25) is 5.91 Å². The summed E-state index contributed by atoms with van der Waals surface area (Å²) in [7, 11) is 1.87. The Morgan fingerprint density at radius 3 is 2.54 bits per heavy atom. The molecule has 2 aromatic rings. The molecule has 9 heteroatoms. The molecule has 0 unspecified atom stereocenters. The molecule has 1 fully saturated rings. The van der Waals surface area contributed by atoms with Gasteiger partial charge in [0, 0.05) is 50.2 Å². The van der Waals surface area contributed by atoms with Crippen LogP contribution < -0.4 is 21.3 Å². The number of benzene rings is 1. The molecule has 1 saturated heterocycles. The number of nitrogens with one attached hydrogen (secondary N) is 4. The first-order valence-corrected chi connectivity index (χ1v) is 8.82. The molecular formula is C19H25ClN6O2. The van der Waals surface area contributed by atoms with Crippen LogP contribution in [-0.4, -0.2) is 41.4 Å². The van der Waals surface area contributed by atoms with Crippen LogP contribution in [0, 0.1) is 5.92 Å². The van der Waals surface area contributed by atoms with Gasteiger partial charge in [-0.05, 0) is 29.8 Å². The summed E-state index contributed by atoms with van der Waals surface area (Å²) < 4.78 is 1.75. The molecule has 0 aliphatic carbocycles. The highest BCUT2D eigenvalue weighted by Gasteiger charge is 2.34. The van der Waals surface area contributed by atoms with Crippen LogP contribution in [0.1, 0.15) is 11.5 Å². The van der Waals surface area contributed by atoms with Gasteiger partial charge in [0.1, 0.15) is 0 Å². The first-order valence-electron chi connectivity index (χ1n) is 8.82. The summed E-state index contributed by atoms with van der Waals surface area (Å²) in [6, 6.07) is 6.72. The third-order valence-corrected chi connectivity index (χ3v) is 4.52. The van der Waals surface area contributed by atoms with E-state index in [1.54, 1.807) is 35.0 Å². The van der Waals surface area contributed by atoms with Crippen molar-refractivity contribution >= 4 is 35.7 Å². The van der Waals surface area contributed by atoms with Crippen LogP contribution in [0.3, 0.4) is 0 Å². The Labute approximate surface area is 170 Å². The van der Waals surface area contributed by atoms with E-state index in [2.05, 4.69) is 32.9 Å². The maximum atomic E-state index is 12.7. The first-order chi connectivity index (χ1) is 13.1. The van der Waals surface area contributed by atoms with Crippen LogP contribution in [0.15, 0.2) is 49.3 Å². The zero-order chi connectivity index (χ0) is 19.2. The molecule has 0 spiro atoms. The molecule has 1 aromatic heterocycles. The minimum Gasteiger partial charge on any atom is -0.334 e. The molecule has 8 nitrogen and oxygen atoms in total. The SMILES string of the molecule is C=CCNC(=O)Nc1ccc(NC(=O)[C@H]2CNC[C@@H]2c2cnn(C)c2)cc1.Cl. The van der Waals surface area contributed by atoms with Crippen molar-refractivity contribution in [2.24, 2.45) is 13.0 Å². The molecule has 3 amide bonds. The maximum absolute atomic E-state index is 12.7. The summed E-state index contributed by atoms with van der Waals surface area (Å²) in [6.07, 6.45) is 5.38. The van der Waals surface area contributed by atoms with Crippen molar-refractivity contribution in [1.82, 2.24) is 20.4 Å². The van der Waals surface area contributed by atoms with Crippen LogP contribution >= 0.6 is 12.4 Å². The van der Waals surface area contributed by atoms with E-state index in [0.29, 0.717) is 24.5 Å². The van der Waals surface area contributed by atoms with Crippen molar-refractivity contribution in [1.29, 1.82) is 0 Å². The number of rotatable bonds is 6. The van der Waals surface area contributed by atoms with Crippen molar-refractivity contribution in [3.8, 4) is 0 Å². The van der Waals surface area contributed by atoms with E-state index in [1.807, 2.05) is 19.4 Å². The van der Waals surface area contributed by atoms with Gasteiger partial charge in [-0.1, -0.05) is 6.08 Å². The minimum atomic E-state index is -0.303. The molecule has 1 aliphatic rings. The van der Waals surface area contributed by atoms with Gasteiger partial charge in [0.05, 0.1) is 12.1 Å². The number of aryl methyl sites for hydroxylation is 1. The Bertz CT molecular complexity index is 820. The molecule has 3 rings (SSSR count). The first kappa shape index (κ1) is 21.5. The lowest BCUT2D eigenvalue weighted by Gasteiger charge is -2.17. The lowest BCUT2D eigenvalue weighted by atomic mass is 9.90.